The normalized spacial score (nSPS) is 10.6. The molecule has 0 fully saturated rings. The van der Waals surface area contributed by atoms with E-state index < -0.39 is 5.97 Å². The highest BCUT2D eigenvalue weighted by Gasteiger charge is 2.20. The summed E-state index contributed by atoms with van der Waals surface area (Å²) < 4.78 is 11.2. The third kappa shape index (κ3) is 2.96. The van der Waals surface area contributed by atoms with Gasteiger partial charge in [0.05, 0.1) is 12.8 Å². The van der Waals surface area contributed by atoms with Crippen LogP contribution in [0.1, 0.15) is 33.3 Å². The molecular formula is C17H15N3O4. The number of rotatable bonds is 4. The molecule has 7 heteroatoms. The molecule has 0 bridgehead atoms. The van der Waals surface area contributed by atoms with Crippen molar-refractivity contribution in [2.75, 3.05) is 6.61 Å². The van der Waals surface area contributed by atoms with Crippen LogP contribution in [0.2, 0.25) is 0 Å². The lowest BCUT2D eigenvalue weighted by atomic mass is 10.1. The number of esters is 1. The molecule has 0 aliphatic carbocycles. The Balaban J connectivity index is 1.92. The van der Waals surface area contributed by atoms with Crippen molar-refractivity contribution >= 4 is 11.9 Å². The average molecular weight is 325 g/mol. The van der Waals surface area contributed by atoms with Crippen LogP contribution in [0.4, 0.5) is 0 Å². The molecule has 2 heterocycles. The summed E-state index contributed by atoms with van der Waals surface area (Å²) in [6.45, 7) is 3.89. The van der Waals surface area contributed by atoms with Crippen LogP contribution in [0, 0.1) is 6.92 Å². The molecule has 3 aromatic rings. The van der Waals surface area contributed by atoms with Gasteiger partial charge in [0.25, 0.3) is 5.91 Å². The topological polar surface area (TPSA) is 87.2 Å². The van der Waals surface area contributed by atoms with Crippen molar-refractivity contribution in [3.8, 4) is 11.5 Å². The van der Waals surface area contributed by atoms with E-state index in [0.29, 0.717) is 11.3 Å². The Morgan fingerprint density at radius 3 is 2.67 bits per heavy atom. The van der Waals surface area contributed by atoms with Gasteiger partial charge in [-0.15, -0.1) is 0 Å². The van der Waals surface area contributed by atoms with E-state index >= 15 is 0 Å². The molecule has 0 radical (unpaired) electrons. The van der Waals surface area contributed by atoms with Crippen LogP contribution in [0.15, 0.2) is 47.1 Å². The minimum absolute atomic E-state index is 0.0439. The maximum absolute atomic E-state index is 12.6. The van der Waals surface area contributed by atoms with Gasteiger partial charge in [0, 0.05) is 11.6 Å². The lowest BCUT2D eigenvalue weighted by molar-refractivity contribution is 0.0514. The predicted octanol–water partition coefficient (Wildman–Crippen LogP) is 2.71. The lowest BCUT2D eigenvalue weighted by Crippen LogP contribution is -2.14. The second kappa shape index (κ2) is 6.49. The number of carbonyl (C=O) groups excluding carboxylic acids is 2. The van der Waals surface area contributed by atoms with E-state index in [1.165, 1.54) is 16.9 Å². The van der Waals surface area contributed by atoms with Gasteiger partial charge >= 0.3 is 5.97 Å². The molecular weight excluding hydrogens is 310 g/mol. The van der Waals surface area contributed by atoms with Crippen molar-refractivity contribution in [2.24, 2.45) is 0 Å². The molecule has 0 unspecified atom stereocenters. The molecule has 0 aliphatic heterocycles. The first kappa shape index (κ1) is 15.7. The van der Waals surface area contributed by atoms with E-state index in [9.17, 15) is 9.59 Å². The minimum atomic E-state index is -0.580. The molecule has 0 saturated carbocycles. The van der Waals surface area contributed by atoms with Crippen LogP contribution in [0.3, 0.4) is 0 Å². The number of hydrogen-bond acceptors (Lipinski definition) is 6. The molecule has 0 N–H and O–H groups in total. The number of benzene rings is 1. The van der Waals surface area contributed by atoms with Gasteiger partial charge in [-0.2, -0.15) is 9.78 Å². The summed E-state index contributed by atoms with van der Waals surface area (Å²) in [5.74, 6) is -0.622. The summed E-state index contributed by atoms with van der Waals surface area (Å²) >= 11 is 0. The summed E-state index contributed by atoms with van der Waals surface area (Å²) in [5, 5.41) is 7.72. The summed E-state index contributed by atoms with van der Waals surface area (Å²) in [5.41, 5.74) is 2.00. The highest BCUT2D eigenvalue weighted by atomic mass is 16.5. The highest BCUT2D eigenvalue weighted by Crippen LogP contribution is 2.21. The van der Waals surface area contributed by atoms with Gasteiger partial charge in [-0.25, -0.2) is 4.79 Å². The molecule has 122 valence electrons. The Hall–Kier alpha value is -3.22. The predicted molar refractivity (Wildman–Crippen MR) is 84.6 cm³/mol. The van der Waals surface area contributed by atoms with Crippen molar-refractivity contribution in [1.82, 2.24) is 14.9 Å². The van der Waals surface area contributed by atoms with E-state index in [1.807, 2.05) is 19.1 Å². The number of hydrogen-bond donors (Lipinski definition) is 0. The Bertz CT molecular complexity index is 877. The fourth-order valence-electron chi connectivity index (χ4n) is 2.17. The largest absolute Gasteiger partial charge is 0.461 e. The zero-order valence-electron chi connectivity index (χ0n) is 13.2. The van der Waals surface area contributed by atoms with Gasteiger partial charge in [0.1, 0.15) is 5.69 Å². The third-order valence-electron chi connectivity index (χ3n) is 3.38. The van der Waals surface area contributed by atoms with Crippen molar-refractivity contribution in [1.29, 1.82) is 0 Å². The highest BCUT2D eigenvalue weighted by molar-refractivity contribution is 5.97. The Morgan fingerprint density at radius 1 is 1.21 bits per heavy atom. The molecule has 3 rings (SSSR count). The Labute approximate surface area is 137 Å². The van der Waals surface area contributed by atoms with Crippen LogP contribution in [-0.4, -0.2) is 33.4 Å². The van der Waals surface area contributed by atoms with Gasteiger partial charge in [-0.05, 0) is 32.0 Å². The van der Waals surface area contributed by atoms with Gasteiger partial charge < -0.3 is 9.26 Å². The van der Waals surface area contributed by atoms with Crippen molar-refractivity contribution in [2.45, 2.75) is 13.8 Å². The standard InChI is InChI=1S/C17H15N3O4/c1-3-23-17(22)13-10-15(24-19-13)14-8-9-18-20(14)16(21)12-6-4-11(2)5-7-12/h4-10H,3H2,1-2H3. The van der Waals surface area contributed by atoms with E-state index in [4.69, 9.17) is 9.26 Å². The first-order valence-corrected chi connectivity index (χ1v) is 7.39. The maximum atomic E-state index is 12.6. The number of ether oxygens (including phenoxy) is 1. The van der Waals surface area contributed by atoms with Crippen LogP contribution < -0.4 is 0 Å². The van der Waals surface area contributed by atoms with Gasteiger partial charge in [0.15, 0.2) is 11.5 Å². The quantitative estimate of drug-likeness (QED) is 0.685. The Kier molecular flexibility index (Phi) is 4.24. The zero-order chi connectivity index (χ0) is 17.1. The first-order chi connectivity index (χ1) is 11.6. The molecule has 0 amide bonds. The van der Waals surface area contributed by atoms with E-state index in [0.717, 1.165) is 5.56 Å². The lowest BCUT2D eigenvalue weighted by Gasteiger charge is -2.04. The zero-order valence-corrected chi connectivity index (χ0v) is 13.2. The second-order valence-corrected chi connectivity index (χ2v) is 5.10. The molecule has 0 atom stereocenters. The number of carbonyl (C=O) groups is 2. The smallest absolute Gasteiger partial charge is 0.360 e. The fraction of sp³-hybridized carbons (Fsp3) is 0.176. The molecule has 7 nitrogen and oxygen atoms in total. The van der Waals surface area contributed by atoms with Crippen LogP contribution >= 0.6 is 0 Å². The van der Waals surface area contributed by atoms with Crippen molar-refractivity contribution < 1.29 is 18.8 Å². The maximum Gasteiger partial charge on any atom is 0.360 e. The number of aromatic nitrogens is 3. The third-order valence-corrected chi connectivity index (χ3v) is 3.38. The molecule has 0 spiro atoms. The van der Waals surface area contributed by atoms with Crippen LogP contribution in [0.25, 0.3) is 11.5 Å². The molecule has 24 heavy (non-hydrogen) atoms. The minimum Gasteiger partial charge on any atom is -0.461 e. The fourth-order valence-corrected chi connectivity index (χ4v) is 2.17. The van der Waals surface area contributed by atoms with E-state index in [1.54, 1.807) is 25.1 Å². The van der Waals surface area contributed by atoms with Gasteiger partial charge in [-0.1, -0.05) is 22.9 Å². The van der Waals surface area contributed by atoms with Crippen LogP contribution in [0.5, 0.6) is 0 Å². The van der Waals surface area contributed by atoms with Gasteiger partial charge in [0.2, 0.25) is 0 Å². The molecule has 0 saturated heterocycles. The summed E-state index contributed by atoms with van der Waals surface area (Å²) in [6.07, 6.45) is 1.48. The monoisotopic (exact) mass is 325 g/mol. The first-order valence-electron chi connectivity index (χ1n) is 7.39. The van der Waals surface area contributed by atoms with E-state index in [2.05, 4.69) is 10.3 Å². The van der Waals surface area contributed by atoms with E-state index in [-0.39, 0.29) is 24.0 Å². The summed E-state index contributed by atoms with van der Waals surface area (Å²) in [4.78, 5) is 24.3. The SMILES string of the molecule is CCOC(=O)c1cc(-c2ccnn2C(=O)c2ccc(C)cc2)on1. The molecule has 2 aromatic heterocycles. The summed E-state index contributed by atoms with van der Waals surface area (Å²) in [7, 11) is 0. The number of nitrogens with zero attached hydrogens (tertiary/aromatic N) is 3. The number of aryl methyl sites for hydroxylation is 1. The van der Waals surface area contributed by atoms with Crippen LogP contribution in [-0.2, 0) is 4.74 Å². The summed E-state index contributed by atoms with van der Waals surface area (Å²) in [6, 6.07) is 10.2. The molecule has 0 aliphatic rings. The second-order valence-electron chi connectivity index (χ2n) is 5.10. The average Bonchev–Trinajstić information content (AvgIpc) is 3.24. The van der Waals surface area contributed by atoms with Crippen molar-refractivity contribution in [3.05, 3.63) is 59.4 Å². The van der Waals surface area contributed by atoms with Crippen molar-refractivity contribution in [3.63, 3.8) is 0 Å². The van der Waals surface area contributed by atoms with Gasteiger partial charge in [-0.3, -0.25) is 4.79 Å². The Morgan fingerprint density at radius 2 is 1.96 bits per heavy atom. The molecule has 1 aromatic carbocycles.